The minimum absolute atomic E-state index is 0.437. The summed E-state index contributed by atoms with van der Waals surface area (Å²) in [6.07, 6.45) is -11.5. The molecule has 0 aromatic heterocycles. The standard InChI is InChI=1S/C6H8Cl2F6OSi/c1-16(2,3-7)15-4(8,5(9,10)11)6(12,13)14/h3H2,1-2H3. The molecule has 0 heterocycles. The Balaban J connectivity index is 5.30. The highest BCUT2D eigenvalue weighted by atomic mass is 35.5. The zero-order valence-electron chi connectivity index (χ0n) is 8.14. The first-order valence-corrected chi connectivity index (χ1v) is 7.88. The van der Waals surface area contributed by atoms with E-state index in [4.69, 9.17) is 11.6 Å². The molecule has 16 heavy (non-hydrogen) atoms. The van der Waals surface area contributed by atoms with Crippen LogP contribution in [-0.4, -0.2) is 31.2 Å². The first-order valence-electron chi connectivity index (χ1n) is 3.85. The molecule has 0 saturated heterocycles. The molecule has 0 fully saturated rings. The van der Waals surface area contributed by atoms with E-state index >= 15 is 0 Å². The average molecular weight is 309 g/mol. The Bertz CT molecular complexity index is 236. The summed E-state index contributed by atoms with van der Waals surface area (Å²) < 4.78 is 77.6. The highest BCUT2D eigenvalue weighted by Crippen LogP contribution is 2.50. The molecule has 0 spiro atoms. The Hall–Kier alpha value is 0.337. The molecule has 0 rings (SSSR count). The van der Waals surface area contributed by atoms with E-state index in [9.17, 15) is 26.3 Å². The SMILES string of the molecule is C[Si](C)(CCl)OC(Cl)(C(F)(F)F)C(F)(F)F. The fourth-order valence-corrected chi connectivity index (χ4v) is 2.52. The molecule has 0 aliphatic carbocycles. The van der Waals surface area contributed by atoms with Crippen molar-refractivity contribution in [3.63, 3.8) is 0 Å². The lowest BCUT2D eigenvalue weighted by Crippen LogP contribution is -2.59. The summed E-state index contributed by atoms with van der Waals surface area (Å²) in [5.41, 5.74) is -0.437. The van der Waals surface area contributed by atoms with E-state index in [-0.39, 0.29) is 0 Å². The van der Waals surface area contributed by atoms with Crippen molar-refractivity contribution >= 4 is 31.5 Å². The zero-order valence-corrected chi connectivity index (χ0v) is 10.7. The third-order valence-corrected chi connectivity index (χ3v) is 5.54. The lowest BCUT2D eigenvalue weighted by atomic mass is 10.3. The second-order valence-corrected chi connectivity index (χ2v) is 8.91. The van der Waals surface area contributed by atoms with Crippen LogP contribution in [0.15, 0.2) is 0 Å². The normalized spacial score (nSPS) is 15.4. The van der Waals surface area contributed by atoms with Crippen molar-refractivity contribution in [1.29, 1.82) is 0 Å². The second kappa shape index (κ2) is 4.54. The topological polar surface area (TPSA) is 9.23 Å². The summed E-state index contributed by atoms with van der Waals surface area (Å²) in [5.74, 6) is 0. The Labute approximate surface area is 98.8 Å². The first-order chi connectivity index (χ1) is 6.77. The third-order valence-electron chi connectivity index (χ3n) is 1.47. The number of alkyl halides is 8. The summed E-state index contributed by atoms with van der Waals surface area (Å²) in [6, 6.07) is 0. The molecule has 0 aromatic carbocycles. The van der Waals surface area contributed by atoms with Crippen LogP contribution in [0.25, 0.3) is 0 Å². The van der Waals surface area contributed by atoms with Crippen LogP contribution < -0.4 is 0 Å². The molecule has 1 nitrogen and oxygen atoms in total. The molecule has 0 atom stereocenters. The van der Waals surface area contributed by atoms with E-state index in [0.717, 1.165) is 13.1 Å². The predicted molar refractivity (Wildman–Crippen MR) is 50.0 cm³/mol. The van der Waals surface area contributed by atoms with Gasteiger partial charge in [0, 0.05) is 5.50 Å². The van der Waals surface area contributed by atoms with Crippen molar-refractivity contribution in [2.45, 2.75) is 30.5 Å². The zero-order chi connectivity index (χ0) is 13.4. The van der Waals surface area contributed by atoms with E-state index in [1.807, 2.05) is 0 Å². The molecule has 0 amide bonds. The Morgan fingerprint density at radius 1 is 1.00 bits per heavy atom. The van der Waals surface area contributed by atoms with Crippen molar-refractivity contribution in [2.75, 3.05) is 5.50 Å². The molecule has 0 radical (unpaired) electrons. The van der Waals surface area contributed by atoms with Crippen LogP contribution in [-0.2, 0) is 4.43 Å². The summed E-state index contributed by atoms with van der Waals surface area (Å²) in [6.45, 7) is 2.21. The van der Waals surface area contributed by atoms with Gasteiger partial charge in [-0.25, -0.2) is 0 Å². The third kappa shape index (κ3) is 3.41. The summed E-state index contributed by atoms with van der Waals surface area (Å²) in [7, 11) is -3.34. The summed E-state index contributed by atoms with van der Waals surface area (Å²) in [5, 5.41) is -4.69. The number of halogens is 8. The maximum absolute atomic E-state index is 12.3. The molecule has 98 valence electrons. The second-order valence-electron chi connectivity index (χ2n) is 3.59. The molecule has 0 saturated carbocycles. The lowest BCUT2D eigenvalue weighted by molar-refractivity contribution is -0.324. The Morgan fingerprint density at radius 2 is 1.31 bits per heavy atom. The van der Waals surface area contributed by atoms with Gasteiger partial charge in [-0.05, 0) is 13.1 Å². The Morgan fingerprint density at radius 3 is 1.50 bits per heavy atom. The van der Waals surface area contributed by atoms with Crippen LogP contribution in [0.3, 0.4) is 0 Å². The van der Waals surface area contributed by atoms with Crippen LogP contribution in [0.1, 0.15) is 0 Å². The quantitative estimate of drug-likeness (QED) is 0.434. The van der Waals surface area contributed by atoms with Crippen molar-refractivity contribution in [3.8, 4) is 0 Å². The van der Waals surface area contributed by atoms with Gasteiger partial charge in [0.2, 0.25) is 8.32 Å². The van der Waals surface area contributed by atoms with E-state index in [0.29, 0.717) is 0 Å². The fourth-order valence-electron chi connectivity index (χ4n) is 0.684. The molecule has 0 bridgehead atoms. The van der Waals surface area contributed by atoms with Crippen molar-refractivity contribution < 1.29 is 30.8 Å². The molecule has 0 unspecified atom stereocenters. The van der Waals surface area contributed by atoms with Gasteiger partial charge < -0.3 is 4.43 Å². The predicted octanol–water partition coefficient (Wildman–Crippen LogP) is 4.05. The number of hydrogen-bond donors (Lipinski definition) is 0. The Kier molecular flexibility index (Phi) is 4.64. The molecule has 0 aromatic rings. The molecular weight excluding hydrogens is 301 g/mol. The van der Waals surface area contributed by atoms with Crippen LogP contribution in [0, 0.1) is 0 Å². The number of rotatable bonds is 3. The van der Waals surface area contributed by atoms with Gasteiger partial charge in [-0.2, -0.15) is 26.3 Å². The molecule has 0 aliphatic heterocycles. The highest BCUT2D eigenvalue weighted by Gasteiger charge is 2.73. The highest BCUT2D eigenvalue weighted by molar-refractivity contribution is 6.78. The smallest absolute Gasteiger partial charge is 0.384 e. The summed E-state index contributed by atoms with van der Waals surface area (Å²) in [4.78, 5) is 0. The fraction of sp³-hybridized carbons (Fsp3) is 1.00. The maximum Gasteiger partial charge on any atom is 0.440 e. The van der Waals surface area contributed by atoms with Crippen LogP contribution >= 0.6 is 23.2 Å². The van der Waals surface area contributed by atoms with Crippen LogP contribution in [0.5, 0.6) is 0 Å². The molecular formula is C6H8Cl2F6OSi. The summed E-state index contributed by atoms with van der Waals surface area (Å²) >= 11 is 9.80. The van der Waals surface area contributed by atoms with E-state index < -0.39 is 31.2 Å². The van der Waals surface area contributed by atoms with Crippen molar-refractivity contribution in [3.05, 3.63) is 0 Å². The minimum Gasteiger partial charge on any atom is -0.384 e. The minimum atomic E-state index is -5.76. The van der Waals surface area contributed by atoms with Gasteiger partial charge in [0.1, 0.15) is 0 Å². The van der Waals surface area contributed by atoms with E-state index in [2.05, 4.69) is 16.0 Å². The van der Waals surface area contributed by atoms with Gasteiger partial charge in [0.05, 0.1) is 0 Å². The van der Waals surface area contributed by atoms with Crippen LogP contribution in [0.4, 0.5) is 26.3 Å². The number of hydrogen-bond acceptors (Lipinski definition) is 1. The van der Waals surface area contributed by atoms with Gasteiger partial charge in [-0.15, -0.1) is 11.6 Å². The van der Waals surface area contributed by atoms with E-state index in [1.165, 1.54) is 0 Å². The lowest BCUT2D eigenvalue weighted by Gasteiger charge is -2.37. The molecule has 10 heteroatoms. The van der Waals surface area contributed by atoms with Crippen molar-refractivity contribution in [2.24, 2.45) is 0 Å². The molecule has 0 N–H and O–H groups in total. The van der Waals surface area contributed by atoms with Crippen molar-refractivity contribution in [1.82, 2.24) is 0 Å². The van der Waals surface area contributed by atoms with Crippen LogP contribution in [0.2, 0.25) is 13.1 Å². The largest absolute Gasteiger partial charge is 0.440 e. The van der Waals surface area contributed by atoms with Gasteiger partial charge >= 0.3 is 17.4 Å². The monoisotopic (exact) mass is 308 g/mol. The molecule has 0 aliphatic rings. The maximum atomic E-state index is 12.3. The first kappa shape index (κ1) is 16.3. The van der Waals surface area contributed by atoms with Gasteiger partial charge in [0.15, 0.2) is 0 Å². The average Bonchev–Trinajstić information content (AvgIpc) is 1.99. The van der Waals surface area contributed by atoms with Gasteiger partial charge in [-0.1, -0.05) is 11.6 Å². The van der Waals surface area contributed by atoms with Gasteiger partial charge in [-0.3, -0.25) is 0 Å². The van der Waals surface area contributed by atoms with E-state index in [1.54, 1.807) is 0 Å². The van der Waals surface area contributed by atoms with Gasteiger partial charge in [0.25, 0.3) is 0 Å².